The molecule has 0 radical (unpaired) electrons. The first kappa shape index (κ1) is 24.4. The molecule has 36 heavy (non-hydrogen) atoms. The van der Waals surface area contributed by atoms with Crippen LogP contribution < -0.4 is 10.6 Å². The van der Waals surface area contributed by atoms with Crippen molar-refractivity contribution < 1.29 is 19.5 Å². The van der Waals surface area contributed by atoms with Crippen molar-refractivity contribution in [3.8, 4) is 0 Å². The van der Waals surface area contributed by atoms with Gasteiger partial charge in [-0.2, -0.15) is 0 Å². The Morgan fingerprint density at radius 3 is 2.36 bits per heavy atom. The molecule has 0 fully saturated rings. The Hall–Kier alpha value is -4.72. The molecule has 0 spiro atoms. The van der Waals surface area contributed by atoms with Gasteiger partial charge in [0.2, 0.25) is 0 Å². The molecule has 1 heterocycles. The van der Waals surface area contributed by atoms with E-state index in [4.69, 9.17) is 0 Å². The van der Waals surface area contributed by atoms with E-state index in [1.165, 1.54) is 12.3 Å². The number of nitrogens with zero attached hydrogens (tertiary/aromatic N) is 1. The van der Waals surface area contributed by atoms with E-state index < -0.39 is 11.9 Å². The molecule has 182 valence electrons. The van der Waals surface area contributed by atoms with Gasteiger partial charge in [0, 0.05) is 29.6 Å². The Morgan fingerprint density at radius 2 is 1.69 bits per heavy atom. The lowest BCUT2D eigenvalue weighted by molar-refractivity contribution is -0.132. The van der Waals surface area contributed by atoms with E-state index >= 15 is 0 Å². The number of fused-ring (bicyclic) bond motifs is 1. The number of aryl methyl sites for hydroxylation is 2. The van der Waals surface area contributed by atoms with Gasteiger partial charge in [-0.15, -0.1) is 0 Å². The van der Waals surface area contributed by atoms with Gasteiger partial charge in [0.1, 0.15) is 11.5 Å². The van der Waals surface area contributed by atoms with Crippen molar-refractivity contribution in [3.63, 3.8) is 0 Å². The minimum atomic E-state index is -1.30. The summed E-state index contributed by atoms with van der Waals surface area (Å²) < 4.78 is 0. The molecule has 0 aliphatic heterocycles. The molecule has 2 amide bonds. The molecule has 1 atom stereocenters. The first-order chi connectivity index (χ1) is 17.2. The Morgan fingerprint density at radius 1 is 1.00 bits per heavy atom. The van der Waals surface area contributed by atoms with Crippen LogP contribution in [0.4, 0.5) is 0 Å². The fourth-order valence-electron chi connectivity index (χ4n) is 4.27. The Kier molecular flexibility index (Phi) is 6.96. The van der Waals surface area contributed by atoms with Crippen LogP contribution in [0.2, 0.25) is 0 Å². The summed E-state index contributed by atoms with van der Waals surface area (Å²) in [5.74, 6) is -1.85. The second kappa shape index (κ2) is 10.3. The van der Waals surface area contributed by atoms with Gasteiger partial charge in [0.25, 0.3) is 11.8 Å². The summed E-state index contributed by atoms with van der Waals surface area (Å²) in [5.41, 5.74) is 2.52. The first-order valence-electron chi connectivity index (χ1n) is 11.4. The number of benzene rings is 3. The molecule has 4 aromatic rings. The summed E-state index contributed by atoms with van der Waals surface area (Å²) in [6, 6.07) is 17.0. The van der Waals surface area contributed by atoms with Crippen molar-refractivity contribution in [3.05, 3.63) is 106 Å². The van der Waals surface area contributed by atoms with Gasteiger partial charge < -0.3 is 20.7 Å². The molecular formula is C28H26N4O4. The zero-order valence-electron chi connectivity index (χ0n) is 20.1. The van der Waals surface area contributed by atoms with Crippen LogP contribution in [0.1, 0.15) is 56.2 Å². The minimum Gasteiger partial charge on any atom is -0.477 e. The number of amides is 2. The monoisotopic (exact) mass is 482 g/mol. The highest BCUT2D eigenvalue weighted by Gasteiger charge is 2.20. The Labute approximate surface area is 208 Å². The molecule has 4 N–H and O–H groups in total. The molecule has 3 aromatic carbocycles. The van der Waals surface area contributed by atoms with Gasteiger partial charge in [-0.05, 0) is 60.4 Å². The van der Waals surface area contributed by atoms with Gasteiger partial charge in [0.15, 0.2) is 0 Å². The van der Waals surface area contributed by atoms with Crippen molar-refractivity contribution in [2.45, 2.75) is 26.8 Å². The number of carbonyl (C=O) groups excluding carboxylic acids is 2. The van der Waals surface area contributed by atoms with E-state index in [-0.39, 0.29) is 17.6 Å². The van der Waals surface area contributed by atoms with Crippen molar-refractivity contribution in [1.82, 2.24) is 20.6 Å². The topological polar surface area (TPSA) is 124 Å². The predicted octanol–water partition coefficient (Wildman–Crippen LogP) is 4.53. The largest absolute Gasteiger partial charge is 0.477 e. The van der Waals surface area contributed by atoms with Crippen molar-refractivity contribution in [2.24, 2.45) is 0 Å². The molecular weight excluding hydrogens is 456 g/mol. The van der Waals surface area contributed by atoms with Gasteiger partial charge >= 0.3 is 5.97 Å². The molecule has 0 aliphatic rings. The standard InChI is InChI=1S/C28H26N4O4/c1-16-13-20(26(33)31-18(3)21-10-6-8-19-7-4-5-9-22(19)21)14-17(2)25(16)27(34)32-23(28(35)36)15-24-29-11-12-30-24/h4-15,18H,1-3H3,(H,29,30)(H,31,33)(H,32,34)(H,35,36). The number of aromatic nitrogens is 2. The van der Waals surface area contributed by atoms with Crippen LogP contribution in [0.3, 0.4) is 0 Å². The van der Waals surface area contributed by atoms with Crippen LogP contribution in [-0.2, 0) is 4.79 Å². The molecule has 0 bridgehead atoms. The number of aromatic amines is 1. The summed E-state index contributed by atoms with van der Waals surface area (Å²) in [6.07, 6.45) is 4.26. The van der Waals surface area contributed by atoms with Gasteiger partial charge in [-0.3, -0.25) is 9.59 Å². The maximum Gasteiger partial charge on any atom is 0.352 e. The zero-order chi connectivity index (χ0) is 25.8. The highest BCUT2D eigenvalue weighted by molar-refractivity contribution is 6.05. The maximum absolute atomic E-state index is 13.1. The van der Waals surface area contributed by atoms with Gasteiger partial charge in [-0.25, -0.2) is 9.78 Å². The van der Waals surface area contributed by atoms with Crippen molar-refractivity contribution >= 4 is 34.6 Å². The van der Waals surface area contributed by atoms with E-state index in [0.29, 0.717) is 28.1 Å². The predicted molar refractivity (Wildman–Crippen MR) is 137 cm³/mol. The van der Waals surface area contributed by atoms with Crippen LogP contribution in [-0.4, -0.2) is 32.9 Å². The molecule has 8 heteroatoms. The summed E-state index contributed by atoms with van der Waals surface area (Å²) in [5, 5.41) is 17.1. The van der Waals surface area contributed by atoms with Crippen molar-refractivity contribution in [2.75, 3.05) is 0 Å². The van der Waals surface area contributed by atoms with E-state index in [9.17, 15) is 19.5 Å². The lowest BCUT2D eigenvalue weighted by Gasteiger charge is -2.18. The van der Waals surface area contributed by atoms with Gasteiger partial charge in [-0.1, -0.05) is 42.5 Å². The summed E-state index contributed by atoms with van der Waals surface area (Å²) in [7, 11) is 0. The summed E-state index contributed by atoms with van der Waals surface area (Å²) in [4.78, 5) is 44.4. The lowest BCUT2D eigenvalue weighted by atomic mass is 9.97. The highest BCUT2D eigenvalue weighted by Crippen LogP contribution is 2.25. The Balaban J connectivity index is 1.54. The number of carboxylic acid groups (broad SMARTS) is 1. The summed E-state index contributed by atoms with van der Waals surface area (Å²) >= 11 is 0. The number of aliphatic carboxylic acids is 1. The van der Waals surface area contributed by atoms with Crippen molar-refractivity contribution in [1.29, 1.82) is 0 Å². The number of H-pyrrole nitrogens is 1. The molecule has 8 nitrogen and oxygen atoms in total. The Bertz CT molecular complexity index is 1460. The lowest BCUT2D eigenvalue weighted by Crippen LogP contribution is -2.29. The molecule has 1 unspecified atom stereocenters. The highest BCUT2D eigenvalue weighted by atomic mass is 16.4. The number of carboxylic acids is 1. The van der Waals surface area contributed by atoms with Crippen LogP contribution >= 0.6 is 0 Å². The normalized spacial score (nSPS) is 12.2. The maximum atomic E-state index is 13.1. The second-order valence-corrected chi connectivity index (χ2v) is 8.54. The molecule has 0 saturated carbocycles. The third-order valence-corrected chi connectivity index (χ3v) is 5.94. The number of rotatable bonds is 7. The quantitative estimate of drug-likeness (QED) is 0.288. The summed E-state index contributed by atoms with van der Waals surface area (Å²) in [6.45, 7) is 5.35. The average molecular weight is 483 g/mol. The van der Waals surface area contributed by atoms with Crippen LogP contribution in [0.5, 0.6) is 0 Å². The molecule has 0 saturated heterocycles. The average Bonchev–Trinajstić information content (AvgIpc) is 3.36. The number of nitrogens with one attached hydrogen (secondary N) is 3. The van der Waals surface area contributed by atoms with E-state index in [1.807, 2.05) is 49.4 Å². The smallest absolute Gasteiger partial charge is 0.352 e. The van der Waals surface area contributed by atoms with Crippen LogP contribution in [0, 0.1) is 13.8 Å². The first-order valence-corrected chi connectivity index (χ1v) is 11.4. The zero-order valence-corrected chi connectivity index (χ0v) is 20.1. The number of carbonyl (C=O) groups is 3. The molecule has 1 aromatic heterocycles. The molecule has 0 aliphatic carbocycles. The fourth-order valence-corrected chi connectivity index (χ4v) is 4.27. The van der Waals surface area contributed by atoms with Crippen LogP contribution in [0.25, 0.3) is 16.8 Å². The second-order valence-electron chi connectivity index (χ2n) is 8.54. The number of hydrogen-bond acceptors (Lipinski definition) is 4. The minimum absolute atomic E-state index is 0.239. The third kappa shape index (κ3) is 5.17. The van der Waals surface area contributed by atoms with E-state index in [1.54, 1.807) is 32.2 Å². The number of hydrogen-bond donors (Lipinski definition) is 4. The fraction of sp³-hybridized carbons (Fsp3) is 0.143. The third-order valence-electron chi connectivity index (χ3n) is 5.94. The SMILES string of the molecule is Cc1cc(C(=O)NC(C)c2cccc3ccccc23)cc(C)c1C(=O)NC(=Cc1ncc[nH]1)C(=O)O. The number of imidazole rings is 1. The molecule has 4 rings (SSSR count). The van der Waals surface area contributed by atoms with E-state index in [0.717, 1.165) is 16.3 Å². The van der Waals surface area contributed by atoms with Crippen LogP contribution in [0.15, 0.2) is 72.7 Å². The van der Waals surface area contributed by atoms with E-state index in [2.05, 4.69) is 20.6 Å². The van der Waals surface area contributed by atoms with Gasteiger partial charge in [0.05, 0.1) is 6.04 Å².